The first-order valence-corrected chi connectivity index (χ1v) is 23.2. The van der Waals surface area contributed by atoms with Crippen LogP contribution in [-0.4, -0.2) is 16.1 Å². The summed E-state index contributed by atoms with van der Waals surface area (Å²) >= 11 is 0. The van der Waals surface area contributed by atoms with Gasteiger partial charge in [0.05, 0.1) is 28.5 Å². The predicted octanol–water partition coefficient (Wildman–Crippen LogP) is 16.6. The summed E-state index contributed by atoms with van der Waals surface area (Å²) in [4.78, 5) is 11.5. The number of furan rings is 2. The fourth-order valence-electron chi connectivity index (χ4n) is 11.1. The van der Waals surface area contributed by atoms with E-state index in [0.29, 0.717) is 5.84 Å². The minimum atomic E-state index is -0.381. The molecule has 5 heteroatoms. The van der Waals surface area contributed by atoms with Crippen LogP contribution in [0.2, 0.25) is 0 Å². The standard InChI is InChI=1S/C62H41N3O2/c1-2-43-59(48-24-14-23-46-45-21-10-12-25-53(45)67-61(46)48)63-62(40-29-27-38(28-30-40)37-15-4-3-5-16-37)64-60(43)58-51(33-34-55-57(58)47-22-11-13-26-54(47)66-55)65-50-32-31-39-17-8-9-20-44(39)56(50)49-35-41-18-6-7-19-42(41)36-52(49)65/h3-36,43,60H,2H2,1H3. The molecule has 0 radical (unpaired) electrons. The van der Waals surface area contributed by atoms with Crippen LogP contribution in [0, 0.1) is 5.92 Å². The van der Waals surface area contributed by atoms with Crippen molar-refractivity contribution in [3.8, 4) is 16.8 Å². The van der Waals surface area contributed by atoms with E-state index in [1.165, 1.54) is 37.9 Å². The Kier molecular flexibility index (Phi) is 8.32. The second kappa shape index (κ2) is 14.7. The highest BCUT2D eigenvalue weighted by Gasteiger charge is 2.37. The fraction of sp³-hybridized carbons (Fsp3) is 0.0645. The molecule has 5 nitrogen and oxygen atoms in total. The molecule has 0 N–H and O–H groups in total. The number of aliphatic imine (C=N–C) groups is 2. The van der Waals surface area contributed by atoms with Crippen LogP contribution in [0.1, 0.15) is 36.1 Å². The fourth-order valence-corrected chi connectivity index (χ4v) is 11.1. The third-order valence-corrected chi connectivity index (χ3v) is 14.2. The lowest BCUT2D eigenvalue weighted by molar-refractivity contribution is 0.533. The van der Waals surface area contributed by atoms with Gasteiger partial charge in [-0.3, -0.25) is 4.99 Å². The lowest BCUT2D eigenvalue weighted by atomic mass is 9.80. The van der Waals surface area contributed by atoms with E-state index in [4.69, 9.17) is 18.8 Å². The summed E-state index contributed by atoms with van der Waals surface area (Å²) in [7, 11) is 0. The van der Waals surface area contributed by atoms with E-state index < -0.39 is 0 Å². The summed E-state index contributed by atoms with van der Waals surface area (Å²) < 4.78 is 16.1. The van der Waals surface area contributed by atoms with Crippen LogP contribution in [0.3, 0.4) is 0 Å². The van der Waals surface area contributed by atoms with E-state index in [9.17, 15) is 0 Å². The van der Waals surface area contributed by atoms with Gasteiger partial charge in [-0.05, 0) is 87.6 Å². The van der Waals surface area contributed by atoms with Crippen LogP contribution in [0.4, 0.5) is 0 Å². The van der Waals surface area contributed by atoms with Crippen LogP contribution in [0.15, 0.2) is 225 Å². The molecule has 0 spiro atoms. The molecule has 10 aromatic carbocycles. The maximum atomic E-state index is 6.80. The maximum Gasteiger partial charge on any atom is 0.155 e. The van der Waals surface area contributed by atoms with Crippen LogP contribution < -0.4 is 0 Å². The van der Waals surface area contributed by atoms with E-state index in [0.717, 1.165) is 95.0 Å². The molecule has 0 saturated heterocycles. The van der Waals surface area contributed by atoms with Gasteiger partial charge in [0, 0.05) is 54.9 Å². The largest absolute Gasteiger partial charge is 0.456 e. The quantitative estimate of drug-likeness (QED) is 0.167. The molecule has 0 amide bonds. The first kappa shape index (κ1) is 37.8. The van der Waals surface area contributed by atoms with Gasteiger partial charge in [0.2, 0.25) is 0 Å². The number of hydrogen-bond acceptors (Lipinski definition) is 4. The molecule has 2 unspecified atom stereocenters. The van der Waals surface area contributed by atoms with Crippen molar-refractivity contribution >= 4 is 98.8 Å². The first-order valence-electron chi connectivity index (χ1n) is 23.2. The van der Waals surface area contributed by atoms with Gasteiger partial charge in [-0.25, -0.2) is 4.99 Å². The maximum absolute atomic E-state index is 6.80. The molecule has 1 aliphatic heterocycles. The number of aromatic nitrogens is 1. The minimum Gasteiger partial charge on any atom is -0.456 e. The van der Waals surface area contributed by atoms with Gasteiger partial charge >= 0.3 is 0 Å². The Morgan fingerprint density at radius 1 is 0.463 bits per heavy atom. The average molecular weight is 860 g/mol. The molecule has 0 bridgehead atoms. The number of rotatable bonds is 6. The van der Waals surface area contributed by atoms with E-state index in [2.05, 4.69) is 212 Å². The number of fused-ring (bicyclic) bond motifs is 12. The Morgan fingerprint density at radius 3 is 1.93 bits per heavy atom. The number of amidine groups is 1. The Bertz CT molecular complexity index is 4210. The van der Waals surface area contributed by atoms with Crippen molar-refractivity contribution in [3.05, 3.63) is 223 Å². The zero-order valence-corrected chi connectivity index (χ0v) is 36.6. The second-order valence-corrected chi connectivity index (χ2v) is 17.8. The lowest BCUT2D eigenvalue weighted by Crippen LogP contribution is -2.29. The summed E-state index contributed by atoms with van der Waals surface area (Å²) in [6.07, 6.45) is 0.776. The molecule has 316 valence electrons. The number of nitrogens with zero attached hydrogens (tertiary/aromatic N) is 3. The molecule has 0 saturated carbocycles. The molecule has 0 fully saturated rings. The molecule has 67 heavy (non-hydrogen) atoms. The zero-order valence-electron chi connectivity index (χ0n) is 36.6. The van der Waals surface area contributed by atoms with Crippen LogP contribution in [0.25, 0.3) is 104 Å². The van der Waals surface area contributed by atoms with Crippen LogP contribution in [0.5, 0.6) is 0 Å². The monoisotopic (exact) mass is 859 g/mol. The smallest absolute Gasteiger partial charge is 0.155 e. The third-order valence-electron chi connectivity index (χ3n) is 14.2. The molecule has 13 aromatic rings. The first-order chi connectivity index (χ1) is 33.2. The van der Waals surface area contributed by atoms with Crippen molar-refractivity contribution in [1.82, 2.24) is 4.57 Å². The highest BCUT2D eigenvalue weighted by molar-refractivity contribution is 6.24. The van der Waals surface area contributed by atoms with E-state index in [-0.39, 0.29) is 12.0 Å². The Hall–Kier alpha value is -8.54. The van der Waals surface area contributed by atoms with Crippen molar-refractivity contribution < 1.29 is 8.83 Å². The van der Waals surface area contributed by atoms with E-state index in [1.54, 1.807) is 0 Å². The van der Waals surface area contributed by atoms with Gasteiger partial charge in [0.25, 0.3) is 0 Å². The topological polar surface area (TPSA) is 55.9 Å². The molecule has 0 aliphatic carbocycles. The van der Waals surface area contributed by atoms with Gasteiger partial charge in [-0.15, -0.1) is 0 Å². The molecule has 1 aliphatic rings. The number of benzene rings is 10. The second-order valence-electron chi connectivity index (χ2n) is 17.8. The highest BCUT2D eigenvalue weighted by Crippen LogP contribution is 2.48. The Labute approximate surface area is 385 Å². The summed E-state index contributed by atoms with van der Waals surface area (Å²) in [5, 5.41) is 11.6. The summed E-state index contributed by atoms with van der Waals surface area (Å²) in [6, 6.07) is 73.3. The van der Waals surface area contributed by atoms with Gasteiger partial charge in [0.15, 0.2) is 5.84 Å². The van der Waals surface area contributed by atoms with Crippen molar-refractivity contribution in [1.29, 1.82) is 0 Å². The molecule has 14 rings (SSSR count). The Balaban J connectivity index is 1.10. The normalized spacial score (nSPS) is 15.5. The molecular formula is C62H41N3O2. The molecule has 3 aromatic heterocycles. The van der Waals surface area contributed by atoms with Crippen molar-refractivity contribution in [2.45, 2.75) is 19.4 Å². The molecule has 2 atom stereocenters. The van der Waals surface area contributed by atoms with Crippen molar-refractivity contribution in [2.24, 2.45) is 15.9 Å². The van der Waals surface area contributed by atoms with Crippen LogP contribution in [-0.2, 0) is 0 Å². The van der Waals surface area contributed by atoms with E-state index in [1.807, 2.05) is 6.07 Å². The third kappa shape index (κ3) is 5.74. The van der Waals surface area contributed by atoms with Gasteiger partial charge in [-0.1, -0.05) is 165 Å². The lowest BCUT2D eigenvalue weighted by Gasteiger charge is -2.32. The minimum absolute atomic E-state index is 0.140. The van der Waals surface area contributed by atoms with Crippen LogP contribution >= 0.6 is 0 Å². The predicted molar refractivity (Wildman–Crippen MR) is 278 cm³/mol. The van der Waals surface area contributed by atoms with Gasteiger partial charge in [0.1, 0.15) is 22.3 Å². The van der Waals surface area contributed by atoms with Crippen molar-refractivity contribution in [3.63, 3.8) is 0 Å². The summed E-state index contributed by atoms with van der Waals surface area (Å²) in [5.74, 6) is 0.548. The van der Waals surface area contributed by atoms with Crippen molar-refractivity contribution in [2.75, 3.05) is 0 Å². The molecule has 4 heterocycles. The number of para-hydroxylation sites is 3. The zero-order chi connectivity index (χ0) is 44.2. The van der Waals surface area contributed by atoms with E-state index >= 15 is 0 Å². The number of hydrogen-bond donors (Lipinski definition) is 0. The van der Waals surface area contributed by atoms with Gasteiger partial charge < -0.3 is 13.4 Å². The summed E-state index contributed by atoms with van der Waals surface area (Å²) in [6.45, 7) is 2.27. The Morgan fingerprint density at radius 2 is 1.12 bits per heavy atom. The SMILES string of the molecule is CCC1C(c2cccc3c2oc2ccccc23)=NC(c2ccc(-c3ccccc3)cc2)=NC1c1c(-n2c3cc4ccccc4cc3c3c4ccccc4ccc32)ccc2oc3ccccc3c12. The summed E-state index contributed by atoms with van der Waals surface area (Å²) in [5.41, 5.74) is 13.1. The highest BCUT2D eigenvalue weighted by atomic mass is 16.3. The average Bonchev–Trinajstić information content (AvgIpc) is 4.07. The van der Waals surface area contributed by atoms with Gasteiger partial charge in [-0.2, -0.15) is 0 Å². The molecular weight excluding hydrogens is 819 g/mol.